The summed E-state index contributed by atoms with van der Waals surface area (Å²) in [5.74, 6) is 0.758. The second-order valence-corrected chi connectivity index (χ2v) is 5.89. The first-order valence-corrected chi connectivity index (χ1v) is 7.86. The lowest BCUT2D eigenvalue weighted by molar-refractivity contribution is -0.0456. The molecule has 0 spiro atoms. The van der Waals surface area contributed by atoms with Gasteiger partial charge in [-0.3, -0.25) is 9.88 Å². The molecule has 0 amide bonds. The summed E-state index contributed by atoms with van der Waals surface area (Å²) in [4.78, 5) is 6.59. The van der Waals surface area contributed by atoms with E-state index in [0.29, 0.717) is 31.5 Å². The second-order valence-electron chi connectivity index (χ2n) is 5.89. The molecule has 1 aliphatic heterocycles. The Morgan fingerprint density at radius 1 is 1.33 bits per heavy atom. The molecule has 4 rings (SSSR count). The lowest BCUT2D eigenvalue weighted by Crippen LogP contribution is -2.38. The van der Waals surface area contributed by atoms with E-state index in [1.807, 2.05) is 12.1 Å². The summed E-state index contributed by atoms with van der Waals surface area (Å²) < 4.78 is 25.1. The number of benzene rings is 1. The second kappa shape index (κ2) is 6.26. The maximum atomic E-state index is 13.9. The molecule has 0 saturated carbocycles. The number of aryl methyl sites for hydroxylation is 1. The molecule has 1 aliphatic rings. The maximum absolute atomic E-state index is 13.9. The molecular formula is C17H17FN4O2. The number of hydrogen-bond acceptors (Lipinski definition) is 6. The molecule has 0 bridgehead atoms. The molecule has 1 fully saturated rings. The van der Waals surface area contributed by atoms with Gasteiger partial charge in [-0.05, 0) is 23.8 Å². The van der Waals surface area contributed by atoms with Crippen molar-refractivity contribution in [3.63, 3.8) is 0 Å². The van der Waals surface area contributed by atoms with Crippen LogP contribution in [0.5, 0.6) is 0 Å². The van der Waals surface area contributed by atoms with Gasteiger partial charge in [0.05, 0.1) is 12.1 Å². The van der Waals surface area contributed by atoms with Gasteiger partial charge in [-0.1, -0.05) is 6.07 Å². The van der Waals surface area contributed by atoms with E-state index < -0.39 is 0 Å². The number of fused-ring (bicyclic) bond motifs is 1. The molecule has 0 radical (unpaired) electrons. The largest absolute Gasteiger partial charge is 0.423 e. The SMILES string of the molecule is Cc1nnc(C2CN(Cc3cc(F)cc4cccnc34)CCO2)o1. The summed E-state index contributed by atoms with van der Waals surface area (Å²) in [5.41, 5.74) is 1.70. The molecule has 1 atom stereocenters. The van der Waals surface area contributed by atoms with Crippen LogP contribution in [0.1, 0.15) is 23.4 Å². The highest BCUT2D eigenvalue weighted by Gasteiger charge is 2.26. The highest BCUT2D eigenvalue weighted by atomic mass is 19.1. The zero-order chi connectivity index (χ0) is 16.5. The molecule has 1 aromatic carbocycles. The molecule has 0 N–H and O–H groups in total. The van der Waals surface area contributed by atoms with Gasteiger partial charge in [0.1, 0.15) is 11.9 Å². The van der Waals surface area contributed by atoms with Gasteiger partial charge in [-0.15, -0.1) is 10.2 Å². The van der Waals surface area contributed by atoms with Gasteiger partial charge in [0, 0.05) is 38.1 Å². The van der Waals surface area contributed by atoms with Crippen LogP contribution >= 0.6 is 0 Å². The van der Waals surface area contributed by atoms with Crippen LogP contribution in [0, 0.1) is 12.7 Å². The predicted molar refractivity (Wildman–Crippen MR) is 84.7 cm³/mol. The average Bonchev–Trinajstić information content (AvgIpc) is 3.01. The summed E-state index contributed by atoms with van der Waals surface area (Å²) in [6.45, 7) is 4.29. The minimum Gasteiger partial charge on any atom is -0.423 e. The van der Waals surface area contributed by atoms with E-state index >= 15 is 0 Å². The first-order chi connectivity index (χ1) is 11.7. The van der Waals surface area contributed by atoms with Gasteiger partial charge in [0.2, 0.25) is 11.8 Å². The number of pyridine rings is 1. The van der Waals surface area contributed by atoms with Crippen molar-refractivity contribution in [1.29, 1.82) is 0 Å². The van der Waals surface area contributed by atoms with Gasteiger partial charge >= 0.3 is 0 Å². The highest BCUT2D eigenvalue weighted by molar-refractivity contribution is 5.81. The molecule has 1 saturated heterocycles. The van der Waals surface area contributed by atoms with Crippen LogP contribution in [-0.2, 0) is 11.3 Å². The quantitative estimate of drug-likeness (QED) is 0.736. The fraction of sp³-hybridized carbons (Fsp3) is 0.353. The lowest BCUT2D eigenvalue weighted by Gasteiger charge is -2.31. The Hall–Kier alpha value is -2.38. The summed E-state index contributed by atoms with van der Waals surface area (Å²) in [6.07, 6.45) is 1.47. The molecule has 24 heavy (non-hydrogen) atoms. The highest BCUT2D eigenvalue weighted by Crippen LogP contribution is 2.25. The number of halogens is 1. The predicted octanol–water partition coefficient (Wildman–Crippen LogP) is 2.64. The number of aromatic nitrogens is 3. The van der Waals surface area contributed by atoms with E-state index in [0.717, 1.165) is 23.0 Å². The molecule has 2 aromatic heterocycles. The van der Waals surface area contributed by atoms with Crippen LogP contribution in [0.4, 0.5) is 4.39 Å². The number of rotatable bonds is 3. The van der Waals surface area contributed by atoms with Crippen molar-refractivity contribution in [2.45, 2.75) is 19.6 Å². The first kappa shape index (κ1) is 15.2. The average molecular weight is 328 g/mol. The van der Waals surface area contributed by atoms with Crippen LogP contribution in [0.25, 0.3) is 10.9 Å². The van der Waals surface area contributed by atoms with Crippen LogP contribution < -0.4 is 0 Å². The van der Waals surface area contributed by atoms with Crippen molar-refractivity contribution >= 4 is 10.9 Å². The van der Waals surface area contributed by atoms with Crippen molar-refractivity contribution in [2.75, 3.05) is 19.7 Å². The lowest BCUT2D eigenvalue weighted by atomic mass is 10.1. The Labute approximate surface area is 138 Å². The van der Waals surface area contributed by atoms with Crippen molar-refractivity contribution in [1.82, 2.24) is 20.1 Å². The van der Waals surface area contributed by atoms with Gasteiger partial charge in [0.25, 0.3) is 0 Å². The fourth-order valence-corrected chi connectivity index (χ4v) is 3.03. The summed E-state index contributed by atoms with van der Waals surface area (Å²) in [6, 6.07) is 6.75. The zero-order valence-corrected chi connectivity index (χ0v) is 13.3. The van der Waals surface area contributed by atoms with Crippen molar-refractivity contribution in [3.05, 3.63) is 53.6 Å². The summed E-state index contributed by atoms with van der Waals surface area (Å²) in [7, 11) is 0. The Morgan fingerprint density at radius 2 is 2.25 bits per heavy atom. The van der Waals surface area contributed by atoms with Crippen LogP contribution in [0.3, 0.4) is 0 Å². The van der Waals surface area contributed by atoms with Crippen LogP contribution in [-0.4, -0.2) is 39.8 Å². The van der Waals surface area contributed by atoms with Crippen molar-refractivity contribution in [2.24, 2.45) is 0 Å². The number of morpholine rings is 1. The number of ether oxygens (including phenoxy) is 1. The smallest absolute Gasteiger partial charge is 0.246 e. The van der Waals surface area contributed by atoms with E-state index in [4.69, 9.17) is 9.15 Å². The monoisotopic (exact) mass is 328 g/mol. The fourth-order valence-electron chi connectivity index (χ4n) is 3.03. The van der Waals surface area contributed by atoms with Crippen LogP contribution in [0.15, 0.2) is 34.9 Å². The van der Waals surface area contributed by atoms with E-state index in [2.05, 4.69) is 20.1 Å². The topological polar surface area (TPSA) is 64.3 Å². The Morgan fingerprint density at radius 3 is 3.08 bits per heavy atom. The molecule has 3 aromatic rings. The summed E-state index contributed by atoms with van der Waals surface area (Å²) >= 11 is 0. The van der Waals surface area contributed by atoms with Gasteiger partial charge in [0.15, 0.2) is 0 Å². The Kier molecular flexibility index (Phi) is 3.95. The van der Waals surface area contributed by atoms with E-state index in [-0.39, 0.29) is 11.9 Å². The van der Waals surface area contributed by atoms with Gasteiger partial charge in [-0.25, -0.2) is 4.39 Å². The molecule has 7 heteroatoms. The molecule has 124 valence electrons. The van der Waals surface area contributed by atoms with Crippen molar-refractivity contribution < 1.29 is 13.5 Å². The normalized spacial score (nSPS) is 19.0. The first-order valence-electron chi connectivity index (χ1n) is 7.86. The molecule has 3 heterocycles. The van der Waals surface area contributed by atoms with Gasteiger partial charge in [-0.2, -0.15) is 0 Å². The molecule has 0 aliphatic carbocycles. The van der Waals surface area contributed by atoms with E-state index in [1.165, 1.54) is 6.07 Å². The summed E-state index contributed by atoms with van der Waals surface area (Å²) in [5, 5.41) is 8.69. The minimum atomic E-state index is -0.257. The minimum absolute atomic E-state index is 0.247. The third-order valence-corrected chi connectivity index (χ3v) is 4.11. The molecular weight excluding hydrogens is 311 g/mol. The third-order valence-electron chi connectivity index (χ3n) is 4.11. The molecule has 1 unspecified atom stereocenters. The maximum Gasteiger partial charge on any atom is 0.246 e. The number of hydrogen-bond donors (Lipinski definition) is 0. The van der Waals surface area contributed by atoms with Gasteiger partial charge < -0.3 is 9.15 Å². The number of nitrogens with zero attached hydrogens (tertiary/aromatic N) is 4. The standard InChI is InChI=1S/C17H17FN4O2/c1-11-20-21-17(24-11)15-10-22(5-6-23-15)9-13-8-14(18)7-12-3-2-4-19-16(12)13/h2-4,7-8,15H,5-6,9-10H2,1H3. The van der Waals surface area contributed by atoms with E-state index in [1.54, 1.807) is 19.2 Å². The Bertz CT molecular complexity index is 867. The zero-order valence-electron chi connectivity index (χ0n) is 13.3. The molecule has 6 nitrogen and oxygen atoms in total. The van der Waals surface area contributed by atoms with Crippen LogP contribution in [0.2, 0.25) is 0 Å². The Balaban J connectivity index is 1.57. The van der Waals surface area contributed by atoms with Crippen molar-refractivity contribution in [3.8, 4) is 0 Å². The van der Waals surface area contributed by atoms with E-state index in [9.17, 15) is 4.39 Å². The third kappa shape index (κ3) is 3.00.